The summed E-state index contributed by atoms with van der Waals surface area (Å²) < 4.78 is 9.54. The number of hydrogen-bond acceptors (Lipinski definition) is 6. The summed E-state index contributed by atoms with van der Waals surface area (Å²) in [5, 5.41) is 9.15. The van der Waals surface area contributed by atoms with Crippen molar-refractivity contribution in [1.82, 2.24) is 0 Å². The largest absolute Gasteiger partial charge is 0.508 e. The van der Waals surface area contributed by atoms with Gasteiger partial charge in [0.2, 0.25) is 0 Å². The van der Waals surface area contributed by atoms with Crippen molar-refractivity contribution >= 4 is 17.7 Å². The summed E-state index contributed by atoms with van der Waals surface area (Å²) in [6.45, 7) is 2.87. The van der Waals surface area contributed by atoms with Gasteiger partial charge in [-0.3, -0.25) is 9.59 Å². The molecular formula is C15H18O6. The van der Waals surface area contributed by atoms with Crippen molar-refractivity contribution in [3.63, 3.8) is 0 Å². The molecule has 0 fully saturated rings. The molecule has 0 spiro atoms. The molecule has 0 bridgehead atoms. The SMILES string of the molecule is CCOC(=O)C(OC(=O)CCc1ccc(O)cc1)C(C)=O. The van der Waals surface area contributed by atoms with Crippen LogP contribution in [0.4, 0.5) is 0 Å². The molecule has 0 aromatic heterocycles. The third-order valence-corrected chi connectivity index (χ3v) is 2.67. The average molecular weight is 294 g/mol. The van der Waals surface area contributed by atoms with E-state index in [1.54, 1.807) is 19.1 Å². The van der Waals surface area contributed by atoms with E-state index in [2.05, 4.69) is 4.74 Å². The minimum absolute atomic E-state index is 0.0218. The number of ether oxygens (including phenoxy) is 2. The first-order chi connectivity index (χ1) is 9.93. The maximum Gasteiger partial charge on any atom is 0.355 e. The molecule has 1 aromatic carbocycles. The van der Waals surface area contributed by atoms with Crippen LogP contribution in [0.1, 0.15) is 25.8 Å². The molecule has 0 heterocycles. The van der Waals surface area contributed by atoms with Gasteiger partial charge in [-0.1, -0.05) is 12.1 Å². The summed E-state index contributed by atoms with van der Waals surface area (Å²) >= 11 is 0. The van der Waals surface area contributed by atoms with Gasteiger partial charge in [0, 0.05) is 6.42 Å². The summed E-state index contributed by atoms with van der Waals surface area (Å²) in [4.78, 5) is 34.5. The van der Waals surface area contributed by atoms with E-state index in [0.29, 0.717) is 6.42 Å². The van der Waals surface area contributed by atoms with E-state index in [1.807, 2.05) is 0 Å². The van der Waals surface area contributed by atoms with Crippen LogP contribution in [0.15, 0.2) is 24.3 Å². The third-order valence-electron chi connectivity index (χ3n) is 2.67. The molecule has 0 saturated heterocycles. The summed E-state index contributed by atoms with van der Waals surface area (Å²) in [6, 6.07) is 6.38. The van der Waals surface area contributed by atoms with Crippen LogP contribution in [0.25, 0.3) is 0 Å². The first kappa shape index (κ1) is 16.7. The summed E-state index contributed by atoms with van der Waals surface area (Å²) in [5.41, 5.74) is 0.834. The highest BCUT2D eigenvalue weighted by Crippen LogP contribution is 2.12. The molecule has 1 N–H and O–H groups in total. The highest BCUT2D eigenvalue weighted by molar-refractivity contribution is 6.02. The molecule has 1 atom stereocenters. The fraction of sp³-hybridized carbons (Fsp3) is 0.400. The first-order valence-electron chi connectivity index (χ1n) is 6.58. The molecule has 1 unspecified atom stereocenters. The normalized spacial score (nSPS) is 11.5. The first-order valence-corrected chi connectivity index (χ1v) is 6.58. The predicted octanol–water partition coefficient (Wildman–Crippen LogP) is 1.39. The van der Waals surface area contributed by atoms with E-state index < -0.39 is 23.8 Å². The number of rotatable bonds is 7. The number of ketones is 1. The molecule has 6 nitrogen and oxygen atoms in total. The van der Waals surface area contributed by atoms with Crippen molar-refractivity contribution in [3.8, 4) is 5.75 Å². The Hall–Kier alpha value is -2.37. The van der Waals surface area contributed by atoms with Crippen LogP contribution in [0.5, 0.6) is 5.75 Å². The minimum atomic E-state index is -1.50. The van der Waals surface area contributed by atoms with E-state index in [0.717, 1.165) is 12.5 Å². The van der Waals surface area contributed by atoms with Gasteiger partial charge in [0.25, 0.3) is 6.10 Å². The van der Waals surface area contributed by atoms with Gasteiger partial charge in [-0.05, 0) is 38.0 Å². The lowest BCUT2D eigenvalue weighted by atomic mass is 10.1. The standard InChI is InChI=1S/C15H18O6/c1-3-20-15(19)14(10(2)16)21-13(18)9-6-11-4-7-12(17)8-5-11/h4-5,7-8,14,17H,3,6,9H2,1-2H3. The number of aromatic hydroxyl groups is 1. The van der Waals surface area contributed by atoms with Crippen molar-refractivity contribution in [2.24, 2.45) is 0 Å². The van der Waals surface area contributed by atoms with Crippen molar-refractivity contribution in [2.75, 3.05) is 6.61 Å². The Morgan fingerprint density at radius 3 is 2.33 bits per heavy atom. The number of phenols is 1. The Balaban J connectivity index is 2.52. The molecule has 6 heteroatoms. The van der Waals surface area contributed by atoms with Crippen molar-refractivity contribution in [3.05, 3.63) is 29.8 Å². The monoisotopic (exact) mass is 294 g/mol. The van der Waals surface area contributed by atoms with Crippen molar-refractivity contribution < 1.29 is 29.0 Å². The fourth-order valence-electron chi connectivity index (χ4n) is 1.61. The molecule has 0 radical (unpaired) electrons. The zero-order valence-corrected chi connectivity index (χ0v) is 12.0. The zero-order chi connectivity index (χ0) is 15.8. The molecule has 0 aliphatic rings. The molecule has 21 heavy (non-hydrogen) atoms. The maximum absolute atomic E-state index is 11.7. The van der Waals surface area contributed by atoms with Gasteiger partial charge in [0.1, 0.15) is 5.75 Å². The van der Waals surface area contributed by atoms with Gasteiger partial charge >= 0.3 is 11.9 Å². The molecule has 0 aliphatic heterocycles. The van der Waals surface area contributed by atoms with Crippen LogP contribution in [0, 0.1) is 0 Å². The van der Waals surface area contributed by atoms with Gasteiger partial charge < -0.3 is 14.6 Å². The third kappa shape index (κ3) is 5.64. The van der Waals surface area contributed by atoms with Gasteiger partial charge in [-0.15, -0.1) is 0 Å². The second kappa shape index (κ2) is 8.04. The average Bonchev–Trinajstić information content (AvgIpc) is 2.44. The lowest BCUT2D eigenvalue weighted by molar-refractivity contribution is -0.170. The van der Waals surface area contributed by atoms with Crippen LogP contribution in [0.3, 0.4) is 0 Å². The molecule has 0 amide bonds. The number of esters is 2. The summed E-state index contributed by atoms with van der Waals surface area (Å²) in [6.07, 6.45) is -1.10. The van der Waals surface area contributed by atoms with Crippen molar-refractivity contribution in [2.45, 2.75) is 32.8 Å². The van der Waals surface area contributed by atoms with Crippen LogP contribution >= 0.6 is 0 Å². The topological polar surface area (TPSA) is 89.9 Å². The Morgan fingerprint density at radius 1 is 1.19 bits per heavy atom. The second-order valence-corrected chi connectivity index (χ2v) is 4.40. The Kier molecular flexibility index (Phi) is 6.39. The molecule has 1 aromatic rings. The van der Waals surface area contributed by atoms with Crippen LogP contribution in [-0.2, 0) is 30.3 Å². The molecule has 0 aliphatic carbocycles. The lowest BCUT2D eigenvalue weighted by Gasteiger charge is -2.13. The number of hydrogen-bond donors (Lipinski definition) is 1. The summed E-state index contributed by atoms with van der Waals surface area (Å²) in [7, 11) is 0. The number of aryl methyl sites for hydroxylation is 1. The van der Waals surface area contributed by atoms with Crippen molar-refractivity contribution in [1.29, 1.82) is 0 Å². The Labute approximate surface area is 122 Å². The molecule has 0 saturated carbocycles. The molecular weight excluding hydrogens is 276 g/mol. The maximum atomic E-state index is 11.7. The zero-order valence-electron chi connectivity index (χ0n) is 12.0. The van der Waals surface area contributed by atoms with E-state index in [1.165, 1.54) is 12.1 Å². The van der Waals surface area contributed by atoms with Gasteiger partial charge in [0.15, 0.2) is 5.78 Å². The fourth-order valence-corrected chi connectivity index (χ4v) is 1.61. The smallest absolute Gasteiger partial charge is 0.355 e. The van der Waals surface area contributed by atoms with Crippen LogP contribution < -0.4 is 0 Å². The van der Waals surface area contributed by atoms with Crippen LogP contribution in [-0.4, -0.2) is 35.5 Å². The number of Topliss-reactive ketones (excluding diaryl/α,β-unsaturated/α-hetero) is 1. The van der Waals surface area contributed by atoms with E-state index in [4.69, 9.17) is 9.84 Å². The number of benzene rings is 1. The number of carbonyl (C=O) groups is 3. The lowest BCUT2D eigenvalue weighted by Crippen LogP contribution is -2.35. The predicted molar refractivity (Wildman–Crippen MR) is 73.6 cm³/mol. The van der Waals surface area contributed by atoms with Gasteiger partial charge in [0.05, 0.1) is 6.61 Å². The number of phenolic OH excluding ortho intramolecular Hbond substituents is 1. The minimum Gasteiger partial charge on any atom is -0.508 e. The molecule has 1 rings (SSSR count). The van der Waals surface area contributed by atoms with Crippen LogP contribution in [0.2, 0.25) is 0 Å². The summed E-state index contributed by atoms with van der Waals surface area (Å²) in [5.74, 6) is -1.95. The van der Waals surface area contributed by atoms with E-state index in [9.17, 15) is 14.4 Å². The Morgan fingerprint density at radius 2 is 1.81 bits per heavy atom. The van der Waals surface area contributed by atoms with Gasteiger partial charge in [-0.2, -0.15) is 0 Å². The molecule has 114 valence electrons. The highest BCUT2D eigenvalue weighted by atomic mass is 16.6. The van der Waals surface area contributed by atoms with E-state index >= 15 is 0 Å². The second-order valence-electron chi connectivity index (χ2n) is 4.40. The van der Waals surface area contributed by atoms with E-state index in [-0.39, 0.29) is 18.8 Å². The quantitative estimate of drug-likeness (QED) is 0.603. The Bertz CT molecular complexity index is 505. The highest BCUT2D eigenvalue weighted by Gasteiger charge is 2.28. The number of carbonyl (C=O) groups excluding carboxylic acids is 3. The van der Waals surface area contributed by atoms with Gasteiger partial charge in [-0.25, -0.2) is 4.79 Å².